The van der Waals surface area contributed by atoms with Crippen molar-refractivity contribution in [3.63, 3.8) is 0 Å². The van der Waals surface area contributed by atoms with E-state index in [0.29, 0.717) is 50.5 Å². The molecule has 1 aliphatic rings. The molecular formula is C34H40N8O5S. The summed E-state index contributed by atoms with van der Waals surface area (Å²) in [6, 6.07) is 16.8. The third-order valence-corrected chi connectivity index (χ3v) is 10.3. The molecule has 252 valence electrons. The van der Waals surface area contributed by atoms with Crippen LogP contribution in [0, 0.1) is 0 Å². The Morgan fingerprint density at radius 1 is 0.917 bits per heavy atom. The van der Waals surface area contributed by atoms with E-state index in [0.717, 1.165) is 24.2 Å². The largest absolute Gasteiger partial charge is 0.475 e. The standard InChI is InChI=1S/C34H40N8O5S/c1-4-11-28-30-31(38-42(28)29-14-9-10-15-35-29)34(43)39(3)32(37-30)27-22-26(48(44,45)41-18-16-40(5-2)17-19-41)23-36-33(27)47-21-20-46-24-25-12-7-6-8-13-25/h6-10,12-15,22-23H,4-5,11,16-21,24H2,1-3H3. The van der Waals surface area contributed by atoms with Gasteiger partial charge in [0.25, 0.3) is 5.56 Å². The van der Waals surface area contributed by atoms with E-state index in [-0.39, 0.29) is 46.5 Å². The number of hydrogen-bond acceptors (Lipinski definition) is 10. The van der Waals surface area contributed by atoms with E-state index in [4.69, 9.17) is 14.5 Å². The zero-order valence-corrected chi connectivity index (χ0v) is 28.3. The monoisotopic (exact) mass is 672 g/mol. The van der Waals surface area contributed by atoms with Crippen molar-refractivity contribution in [3.05, 3.63) is 88.6 Å². The van der Waals surface area contributed by atoms with Crippen LogP contribution >= 0.6 is 0 Å². The summed E-state index contributed by atoms with van der Waals surface area (Å²) in [7, 11) is -2.31. The van der Waals surface area contributed by atoms with E-state index >= 15 is 0 Å². The second-order valence-corrected chi connectivity index (χ2v) is 13.5. The van der Waals surface area contributed by atoms with Gasteiger partial charge in [-0.25, -0.2) is 28.1 Å². The van der Waals surface area contributed by atoms with Crippen LogP contribution in [-0.4, -0.2) is 92.9 Å². The third kappa shape index (κ3) is 6.88. The molecule has 0 unspecified atom stereocenters. The van der Waals surface area contributed by atoms with Crippen LogP contribution in [0.2, 0.25) is 0 Å². The van der Waals surface area contributed by atoms with E-state index in [1.807, 2.05) is 55.5 Å². The number of sulfonamides is 1. The number of nitrogens with zero attached hydrogens (tertiary/aromatic N) is 8. The summed E-state index contributed by atoms with van der Waals surface area (Å²) in [4.78, 5) is 30.0. The van der Waals surface area contributed by atoms with Gasteiger partial charge in [-0.2, -0.15) is 9.40 Å². The van der Waals surface area contributed by atoms with Gasteiger partial charge < -0.3 is 14.4 Å². The van der Waals surface area contributed by atoms with Gasteiger partial charge in [0.15, 0.2) is 11.3 Å². The second kappa shape index (κ2) is 14.7. The van der Waals surface area contributed by atoms with E-state index < -0.39 is 10.0 Å². The van der Waals surface area contributed by atoms with Crippen molar-refractivity contribution < 1.29 is 17.9 Å². The zero-order valence-electron chi connectivity index (χ0n) is 27.4. The lowest BCUT2D eigenvalue weighted by Gasteiger charge is -2.33. The van der Waals surface area contributed by atoms with E-state index in [1.165, 1.54) is 21.1 Å². The lowest BCUT2D eigenvalue weighted by molar-refractivity contribution is 0.0876. The number of likely N-dealkylation sites (N-methyl/N-ethyl adjacent to an activating group) is 1. The van der Waals surface area contributed by atoms with Crippen molar-refractivity contribution in [2.75, 3.05) is 45.9 Å². The lowest BCUT2D eigenvalue weighted by Crippen LogP contribution is -2.48. The van der Waals surface area contributed by atoms with Gasteiger partial charge in [-0.05, 0) is 36.7 Å². The van der Waals surface area contributed by atoms with Crippen molar-refractivity contribution in [1.29, 1.82) is 0 Å². The molecular weight excluding hydrogens is 632 g/mol. The van der Waals surface area contributed by atoms with Gasteiger partial charge in [0.2, 0.25) is 15.9 Å². The highest BCUT2D eigenvalue weighted by atomic mass is 32.2. The number of ether oxygens (including phenoxy) is 2. The fourth-order valence-electron chi connectivity index (χ4n) is 5.76. The van der Waals surface area contributed by atoms with E-state index in [2.05, 4.69) is 26.9 Å². The molecule has 5 heterocycles. The molecule has 0 aliphatic carbocycles. The van der Waals surface area contributed by atoms with E-state index in [9.17, 15) is 13.2 Å². The van der Waals surface area contributed by atoms with Crippen molar-refractivity contribution in [2.24, 2.45) is 7.05 Å². The van der Waals surface area contributed by atoms with Crippen molar-refractivity contribution in [2.45, 2.75) is 38.2 Å². The highest BCUT2D eigenvalue weighted by Crippen LogP contribution is 2.31. The van der Waals surface area contributed by atoms with Crippen LogP contribution in [0.3, 0.4) is 0 Å². The number of benzene rings is 1. The highest BCUT2D eigenvalue weighted by Gasteiger charge is 2.30. The van der Waals surface area contributed by atoms with Crippen LogP contribution in [0.25, 0.3) is 28.2 Å². The Morgan fingerprint density at radius 2 is 1.69 bits per heavy atom. The van der Waals surface area contributed by atoms with Gasteiger partial charge in [-0.3, -0.25) is 9.36 Å². The maximum absolute atomic E-state index is 13.9. The molecule has 0 radical (unpaired) electrons. The highest BCUT2D eigenvalue weighted by molar-refractivity contribution is 7.89. The summed E-state index contributed by atoms with van der Waals surface area (Å²) in [5.74, 6) is 0.926. The van der Waals surface area contributed by atoms with Gasteiger partial charge in [-0.15, -0.1) is 0 Å². The summed E-state index contributed by atoms with van der Waals surface area (Å²) in [6.45, 7) is 7.82. The van der Waals surface area contributed by atoms with Crippen LogP contribution < -0.4 is 10.3 Å². The molecule has 0 bridgehead atoms. The predicted molar refractivity (Wildman–Crippen MR) is 182 cm³/mol. The number of fused-ring (bicyclic) bond motifs is 1. The van der Waals surface area contributed by atoms with Crippen LogP contribution in [0.4, 0.5) is 0 Å². The van der Waals surface area contributed by atoms with Crippen molar-refractivity contribution in [3.8, 4) is 23.1 Å². The fraction of sp³-hybridized carbons (Fsp3) is 0.382. The molecule has 1 aliphatic heterocycles. The molecule has 5 aromatic rings. The van der Waals surface area contributed by atoms with Crippen molar-refractivity contribution >= 4 is 21.1 Å². The topological polar surface area (TPSA) is 138 Å². The Labute approximate surface area is 279 Å². The number of aryl methyl sites for hydroxylation is 1. The van der Waals surface area contributed by atoms with E-state index in [1.54, 1.807) is 17.9 Å². The maximum atomic E-state index is 13.9. The quantitative estimate of drug-likeness (QED) is 0.171. The van der Waals surface area contributed by atoms with Gasteiger partial charge in [0.1, 0.15) is 22.8 Å². The van der Waals surface area contributed by atoms with Gasteiger partial charge in [0, 0.05) is 39.4 Å². The predicted octanol–water partition coefficient (Wildman–Crippen LogP) is 3.45. The molecule has 6 rings (SSSR count). The van der Waals surface area contributed by atoms with Crippen LogP contribution in [-0.2, 0) is 34.8 Å². The van der Waals surface area contributed by atoms with Crippen LogP contribution in [0.1, 0.15) is 31.5 Å². The minimum Gasteiger partial charge on any atom is -0.475 e. The SMILES string of the molecule is CCCc1c2nc(-c3cc(S(=O)(=O)N4CCN(CC)CC4)cnc3OCCOCc3ccccc3)n(C)c(=O)c2nn1-c1ccccn1. The van der Waals surface area contributed by atoms with Gasteiger partial charge in [-0.1, -0.05) is 56.7 Å². The summed E-state index contributed by atoms with van der Waals surface area (Å²) in [6.07, 6.45) is 4.34. The van der Waals surface area contributed by atoms with Gasteiger partial charge in [0.05, 0.1) is 30.7 Å². The smallest absolute Gasteiger partial charge is 0.281 e. The summed E-state index contributed by atoms with van der Waals surface area (Å²) in [5, 5.41) is 4.63. The number of hydrogen-bond donors (Lipinski definition) is 0. The average molecular weight is 673 g/mol. The Morgan fingerprint density at radius 3 is 2.40 bits per heavy atom. The first-order valence-electron chi connectivity index (χ1n) is 16.2. The molecule has 1 aromatic carbocycles. The number of pyridine rings is 2. The first kappa shape index (κ1) is 33.4. The number of aromatic nitrogens is 6. The fourth-order valence-corrected chi connectivity index (χ4v) is 7.15. The maximum Gasteiger partial charge on any atom is 0.281 e. The Bertz CT molecular complexity index is 2030. The Hall–Kier alpha value is -4.50. The number of rotatable bonds is 13. The summed E-state index contributed by atoms with van der Waals surface area (Å²) in [5.41, 5.74) is 2.27. The van der Waals surface area contributed by atoms with Crippen LogP contribution in [0.15, 0.2) is 76.7 Å². The molecule has 48 heavy (non-hydrogen) atoms. The lowest BCUT2D eigenvalue weighted by atomic mass is 10.2. The molecule has 0 saturated carbocycles. The zero-order chi connectivity index (χ0) is 33.7. The molecule has 0 N–H and O–H groups in total. The molecule has 0 amide bonds. The third-order valence-electron chi connectivity index (χ3n) is 8.41. The Kier molecular flexibility index (Phi) is 10.2. The molecule has 0 atom stereocenters. The summed E-state index contributed by atoms with van der Waals surface area (Å²) < 4.78 is 44.1. The molecule has 0 spiro atoms. The molecule has 13 nitrogen and oxygen atoms in total. The first-order chi connectivity index (χ1) is 23.3. The normalized spacial score (nSPS) is 14.5. The molecule has 14 heteroatoms. The van der Waals surface area contributed by atoms with Crippen LogP contribution in [0.5, 0.6) is 5.88 Å². The minimum atomic E-state index is -3.89. The number of piperazine rings is 1. The van der Waals surface area contributed by atoms with Gasteiger partial charge >= 0.3 is 0 Å². The minimum absolute atomic E-state index is 0.00225. The molecule has 4 aromatic heterocycles. The second-order valence-electron chi connectivity index (χ2n) is 11.5. The Balaban J connectivity index is 1.40. The average Bonchev–Trinajstić information content (AvgIpc) is 3.49. The molecule has 1 saturated heterocycles. The summed E-state index contributed by atoms with van der Waals surface area (Å²) >= 11 is 0. The first-order valence-corrected chi connectivity index (χ1v) is 17.6. The van der Waals surface area contributed by atoms with Crippen molar-refractivity contribution in [1.82, 2.24) is 38.5 Å². The molecule has 1 fully saturated rings.